The maximum absolute atomic E-state index is 12.8. The smallest absolute Gasteiger partial charge is 0.252 e. The summed E-state index contributed by atoms with van der Waals surface area (Å²) in [6.45, 7) is 2.56. The zero-order valence-corrected chi connectivity index (χ0v) is 17.9. The van der Waals surface area contributed by atoms with E-state index in [1.54, 1.807) is 0 Å². The number of carbonyl (C=O) groups excluding carboxylic acids is 2. The lowest BCUT2D eigenvalue weighted by atomic mass is 10.1. The lowest BCUT2D eigenvalue weighted by Crippen LogP contribution is -2.45. The first-order valence-corrected chi connectivity index (χ1v) is 10.8. The molecule has 29 heavy (non-hydrogen) atoms. The quantitative estimate of drug-likeness (QED) is 0.713. The molecule has 2 amide bonds. The van der Waals surface area contributed by atoms with Gasteiger partial charge in [-0.1, -0.05) is 30.3 Å². The molecule has 2 aromatic rings. The monoisotopic (exact) mass is 431 g/mol. The molecule has 4 rings (SSSR count). The molecule has 0 aromatic heterocycles. The Morgan fingerprint density at radius 1 is 1.14 bits per heavy atom. The van der Waals surface area contributed by atoms with Gasteiger partial charge in [-0.2, -0.15) is 0 Å². The number of carbonyl (C=O) groups is 2. The Morgan fingerprint density at radius 2 is 1.93 bits per heavy atom. The summed E-state index contributed by atoms with van der Waals surface area (Å²) in [4.78, 5) is 28.2. The lowest BCUT2D eigenvalue weighted by Gasteiger charge is -2.24. The molecule has 2 aliphatic heterocycles. The van der Waals surface area contributed by atoms with Crippen LogP contribution in [0.3, 0.4) is 0 Å². The Kier molecular flexibility index (Phi) is 7.58. The van der Waals surface area contributed by atoms with Gasteiger partial charge in [0.1, 0.15) is 0 Å². The number of fused-ring (bicyclic) bond motifs is 1. The number of piperidine rings is 1. The maximum atomic E-state index is 12.8. The summed E-state index contributed by atoms with van der Waals surface area (Å²) in [7, 11) is 0. The van der Waals surface area contributed by atoms with Crippen molar-refractivity contribution in [1.29, 1.82) is 0 Å². The highest BCUT2D eigenvalue weighted by atomic mass is 35.5. The lowest BCUT2D eigenvalue weighted by molar-refractivity contribution is -0.116. The molecule has 2 heterocycles. The van der Waals surface area contributed by atoms with Crippen LogP contribution in [0.25, 0.3) is 0 Å². The van der Waals surface area contributed by atoms with Crippen LogP contribution in [0.15, 0.2) is 53.4 Å². The number of thioether (sulfide) groups is 1. The van der Waals surface area contributed by atoms with Crippen molar-refractivity contribution < 1.29 is 9.59 Å². The average Bonchev–Trinajstić information content (AvgIpc) is 3.17. The van der Waals surface area contributed by atoms with Gasteiger partial charge in [-0.25, -0.2) is 0 Å². The third-order valence-corrected chi connectivity index (χ3v) is 6.36. The predicted molar refractivity (Wildman–Crippen MR) is 120 cm³/mol. The minimum Gasteiger partial charge on any atom is -0.348 e. The molecule has 0 bridgehead atoms. The zero-order valence-electron chi connectivity index (χ0n) is 16.2. The molecular formula is C22H26ClN3O2S. The molecule has 0 radical (unpaired) electrons. The van der Waals surface area contributed by atoms with Crippen LogP contribution in [0, 0.1) is 0 Å². The van der Waals surface area contributed by atoms with Crippen molar-refractivity contribution in [2.75, 3.05) is 30.3 Å². The number of hydrogen-bond acceptors (Lipinski definition) is 4. The van der Waals surface area contributed by atoms with Crippen LogP contribution in [0.1, 0.15) is 28.8 Å². The van der Waals surface area contributed by atoms with Crippen molar-refractivity contribution in [3.63, 3.8) is 0 Å². The molecule has 0 aliphatic carbocycles. The summed E-state index contributed by atoms with van der Waals surface area (Å²) in [6.07, 6.45) is 2.98. The molecule has 2 N–H and O–H groups in total. The van der Waals surface area contributed by atoms with Crippen molar-refractivity contribution >= 4 is 41.7 Å². The summed E-state index contributed by atoms with van der Waals surface area (Å²) < 4.78 is 0. The van der Waals surface area contributed by atoms with E-state index in [9.17, 15) is 9.59 Å². The first-order valence-electron chi connectivity index (χ1n) is 9.84. The van der Waals surface area contributed by atoms with Crippen LogP contribution < -0.4 is 15.5 Å². The minimum absolute atomic E-state index is 0. The Morgan fingerprint density at radius 3 is 2.76 bits per heavy atom. The summed E-state index contributed by atoms with van der Waals surface area (Å²) in [6, 6.07) is 15.8. The standard InChI is InChI=1S/C22H25N3O2S.ClH/c26-21(25-13-11-16-6-1-3-9-19(16)25)15-28-20-10-4-2-8-18(20)22(27)24-17-7-5-12-23-14-17;/h1-4,6,8-10,17,23H,5,7,11-15H2,(H,24,27);1H. The van der Waals surface area contributed by atoms with Crippen molar-refractivity contribution in [2.45, 2.75) is 30.2 Å². The summed E-state index contributed by atoms with van der Waals surface area (Å²) in [5.74, 6) is 0.348. The highest BCUT2D eigenvalue weighted by molar-refractivity contribution is 8.00. The van der Waals surface area contributed by atoms with E-state index in [1.807, 2.05) is 47.4 Å². The van der Waals surface area contributed by atoms with E-state index < -0.39 is 0 Å². The Bertz CT molecular complexity index is 871. The summed E-state index contributed by atoms with van der Waals surface area (Å²) in [5, 5.41) is 6.44. The molecule has 5 nitrogen and oxygen atoms in total. The second-order valence-electron chi connectivity index (χ2n) is 7.23. The molecule has 1 saturated heterocycles. The third-order valence-electron chi connectivity index (χ3n) is 5.30. The van der Waals surface area contributed by atoms with E-state index in [0.717, 1.165) is 49.5 Å². The van der Waals surface area contributed by atoms with E-state index in [-0.39, 0.29) is 30.3 Å². The van der Waals surface area contributed by atoms with Crippen LogP contribution >= 0.6 is 24.2 Å². The fourth-order valence-corrected chi connectivity index (χ4v) is 4.76. The number of para-hydroxylation sites is 1. The van der Waals surface area contributed by atoms with Gasteiger partial charge in [0.2, 0.25) is 5.91 Å². The fraction of sp³-hybridized carbons (Fsp3) is 0.364. The van der Waals surface area contributed by atoms with Gasteiger partial charge in [-0.15, -0.1) is 24.2 Å². The SMILES string of the molecule is Cl.O=C(NC1CCCNC1)c1ccccc1SCC(=O)N1CCc2ccccc21. The third kappa shape index (κ3) is 5.13. The first kappa shape index (κ1) is 21.7. The molecule has 2 aliphatic rings. The first-order chi connectivity index (χ1) is 13.7. The van der Waals surface area contributed by atoms with Gasteiger partial charge >= 0.3 is 0 Å². The molecule has 7 heteroatoms. The summed E-state index contributed by atoms with van der Waals surface area (Å²) in [5.41, 5.74) is 2.89. The Labute approximate surface area is 182 Å². The molecule has 0 spiro atoms. The normalized spacial score (nSPS) is 17.9. The fourth-order valence-electron chi connectivity index (χ4n) is 3.83. The van der Waals surface area contributed by atoms with E-state index in [0.29, 0.717) is 11.3 Å². The predicted octanol–water partition coefficient (Wildman–Crippen LogP) is 3.27. The maximum Gasteiger partial charge on any atom is 0.252 e. The average molecular weight is 432 g/mol. The largest absolute Gasteiger partial charge is 0.348 e. The van der Waals surface area contributed by atoms with Crippen molar-refractivity contribution in [1.82, 2.24) is 10.6 Å². The number of amides is 2. The van der Waals surface area contributed by atoms with Crippen LogP contribution in [0.2, 0.25) is 0 Å². The Hall–Kier alpha value is -2.02. The zero-order chi connectivity index (χ0) is 19.3. The summed E-state index contributed by atoms with van der Waals surface area (Å²) >= 11 is 1.44. The number of benzene rings is 2. The van der Waals surface area contributed by atoms with Crippen LogP contribution in [-0.2, 0) is 11.2 Å². The van der Waals surface area contributed by atoms with Gasteiger partial charge in [-0.05, 0) is 49.6 Å². The van der Waals surface area contributed by atoms with E-state index in [2.05, 4.69) is 16.7 Å². The number of rotatable bonds is 5. The van der Waals surface area contributed by atoms with Gasteiger partial charge < -0.3 is 15.5 Å². The number of anilines is 1. The molecule has 0 saturated carbocycles. The second kappa shape index (κ2) is 10.1. The second-order valence-corrected chi connectivity index (χ2v) is 8.24. The van der Waals surface area contributed by atoms with Gasteiger partial charge in [0.25, 0.3) is 5.91 Å². The molecule has 1 unspecified atom stereocenters. The van der Waals surface area contributed by atoms with Crippen molar-refractivity contribution in [2.24, 2.45) is 0 Å². The number of hydrogen-bond donors (Lipinski definition) is 2. The van der Waals surface area contributed by atoms with Crippen LogP contribution in [0.4, 0.5) is 5.69 Å². The number of nitrogens with one attached hydrogen (secondary N) is 2. The molecule has 1 atom stereocenters. The molecule has 2 aromatic carbocycles. The van der Waals surface area contributed by atoms with Crippen molar-refractivity contribution in [3.05, 3.63) is 59.7 Å². The van der Waals surface area contributed by atoms with Gasteiger partial charge in [0.15, 0.2) is 0 Å². The van der Waals surface area contributed by atoms with Gasteiger partial charge in [0, 0.05) is 29.7 Å². The number of nitrogens with zero attached hydrogens (tertiary/aromatic N) is 1. The molecule has 1 fully saturated rings. The van der Waals surface area contributed by atoms with E-state index in [1.165, 1.54) is 17.3 Å². The van der Waals surface area contributed by atoms with Gasteiger partial charge in [-0.3, -0.25) is 9.59 Å². The topological polar surface area (TPSA) is 61.4 Å². The van der Waals surface area contributed by atoms with Crippen molar-refractivity contribution in [3.8, 4) is 0 Å². The van der Waals surface area contributed by atoms with E-state index in [4.69, 9.17) is 0 Å². The Balaban J connectivity index is 0.00000240. The highest BCUT2D eigenvalue weighted by Crippen LogP contribution is 2.29. The number of halogens is 1. The minimum atomic E-state index is -0.0595. The van der Waals surface area contributed by atoms with E-state index >= 15 is 0 Å². The molecular weight excluding hydrogens is 406 g/mol. The van der Waals surface area contributed by atoms with Crippen LogP contribution in [0.5, 0.6) is 0 Å². The molecule has 154 valence electrons. The highest BCUT2D eigenvalue weighted by Gasteiger charge is 2.25. The van der Waals surface area contributed by atoms with Crippen LogP contribution in [-0.4, -0.2) is 43.2 Å². The van der Waals surface area contributed by atoms with Gasteiger partial charge in [0.05, 0.1) is 11.3 Å².